The van der Waals surface area contributed by atoms with E-state index in [1.807, 2.05) is 13.1 Å². The van der Waals surface area contributed by atoms with Crippen molar-refractivity contribution in [2.45, 2.75) is 6.92 Å². The molecule has 2 rings (SSSR count). The SMILES string of the molecule is Cc1cc(-c2ccsc2)cnc1N. The molecule has 0 unspecified atom stereocenters. The van der Waals surface area contributed by atoms with Crippen molar-refractivity contribution in [1.29, 1.82) is 0 Å². The number of nitrogen functional groups attached to an aromatic ring is 1. The minimum atomic E-state index is 0.610. The number of pyridine rings is 1. The van der Waals surface area contributed by atoms with Crippen LogP contribution in [0.2, 0.25) is 0 Å². The molecule has 0 aliphatic heterocycles. The van der Waals surface area contributed by atoms with Crippen LogP contribution in [0, 0.1) is 6.92 Å². The highest BCUT2D eigenvalue weighted by Gasteiger charge is 2.00. The number of nitrogens with two attached hydrogens (primary N) is 1. The van der Waals surface area contributed by atoms with Gasteiger partial charge >= 0.3 is 0 Å². The Kier molecular flexibility index (Phi) is 2.02. The van der Waals surface area contributed by atoms with Gasteiger partial charge in [0.15, 0.2) is 0 Å². The van der Waals surface area contributed by atoms with Gasteiger partial charge in [-0.15, -0.1) is 0 Å². The van der Waals surface area contributed by atoms with E-state index in [4.69, 9.17) is 5.73 Å². The van der Waals surface area contributed by atoms with E-state index in [1.54, 1.807) is 11.3 Å². The summed E-state index contributed by atoms with van der Waals surface area (Å²) in [5.74, 6) is 0.610. The predicted octanol–water partition coefficient (Wildman–Crippen LogP) is 2.70. The molecular formula is C10H10N2S. The molecule has 0 atom stereocenters. The van der Waals surface area contributed by atoms with Crippen molar-refractivity contribution in [2.75, 3.05) is 5.73 Å². The molecule has 0 aliphatic carbocycles. The van der Waals surface area contributed by atoms with Crippen molar-refractivity contribution in [3.63, 3.8) is 0 Å². The Balaban J connectivity index is 2.49. The first-order valence-corrected chi connectivity index (χ1v) is 4.96. The molecule has 0 aliphatic rings. The molecule has 2 nitrogen and oxygen atoms in total. The highest BCUT2D eigenvalue weighted by atomic mass is 32.1. The first kappa shape index (κ1) is 8.26. The Morgan fingerprint density at radius 1 is 1.38 bits per heavy atom. The fourth-order valence-electron chi connectivity index (χ4n) is 1.17. The molecule has 3 heteroatoms. The molecule has 0 spiro atoms. The van der Waals surface area contributed by atoms with Crippen LogP contribution < -0.4 is 5.73 Å². The molecule has 2 N–H and O–H groups in total. The lowest BCUT2D eigenvalue weighted by Crippen LogP contribution is -1.93. The number of aromatic nitrogens is 1. The predicted molar refractivity (Wildman–Crippen MR) is 56.7 cm³/mol. The zero-order valence-electron chi connectivity index (χ0n) is 7.32. The van der Waals surface area contributed by atoms with Gasteiger partial charge in [0.05, 0.1) is 0 Å². The number of anilines is 1. The monoisotopic (exact) mass is 190 g/mol. The van der Waals surface area contributed by atoms with Crippen LogP contribution >= 0.6 is 11.3 Å². The quantitative estimate of drug-likeness (QED) is 0.751. The van der Waals surface area contributed by atoms with Gasteiger partial charge in [0.25, 0.3) is 0 Å². The molecule has 0 saturated carbocycles. The van der Waals surface area contributed by atoms with Crippen LogP contribution in [0.25, 0.3) is 11.1 Å². The molecule has 0 bridgehead atoms. The lowest BCUT2D eigenvalue weighted by Gasteiger charge is -2.01. The van der Waals surface area contributed by atoms with Gasteiger partial charge in [-0.2, -0.15) is 11.3 Å². The number of aryl methyl sites for hydroxylation is 1. The second-order valence-electron chi connectivity index (χ2n) is 2.94. The smallest absolute Gasteiger partial charge is 0.126 e. The van der Waals surface area contributed by atoms with E-state index in [0.717, 1.165) is 11.1 Å². The standard InChI is InChI=1S/C10H10N2S/c1-7-4-9(5-12-10(7)11)8-2-3-13-6-8/h2-6H,1H3,(H2,11,12). The molecule has 2 heterocycles. The van der Waals surface area contributed by atoms with Gasteiger partial charge in [0.1, 0.15) is 5.82 Å². The molecule has 0 amide bonds. The average Bonchev–Trinajstić information content (AvgIpc) is 2.62. The van der Waals surface area contributed by atoms with E-state index in [0.29, 0.717) is 5.82 Å². The first-order chi connectivity index (χ1) is 6.27. The van der Waals surface area contributed by atoms with Crippen molar-refractivity contribution >= 4 is 17.2 Å². The minimum absolute atomic E-state index is 0.610. The summed E-state index contributed by atoms with van der Waals surface area (Å²) in [5.41, 5.74) is 9.01. The highest BCUT2D eigenvalue weighted by Crippen LogP contribution is 2.23. The fraction of sp³-hybridized carbons (Fsp3) is 0.100. The first-order valence-electron chi connectivity index (χ1n) is 4.02. The van der Waals surface area contributed by atoms with Gasteiger partial charge in [-0.25, -0.2) is 4.98 Å². The molecule has 2 aromatic rings. The van der Waals surface area contributed by atoms with Gasteiger partial charge in [-0.05, 0) is 40.9 Å². The van der Waals surface area contributed by atoms with E-state index in [2.05, 4.69) is 27.9 Å². The average molecular weight is 190 g/mol. The number of nitrogens with zero attached hydrogens (tertiary/aromatic N) is 1. The summed E-state index contributed by atoms with van der Waals surface area (Å²) in [4.78, 5) is 4.12. The van der Waals surface area contributed by atoms with Gasteiger partial charge in [-0.1, -0.05) is 0 Å². The van der Waals surface area contributed by atoms with Crippen LogP contribution in [0.3, 0.4) is 0 Å². The Morgan fingerprint density at radius 2 is 2.23 bits per heavy atom. The zero-order valence-corrected chi connectivity index (χ0v) is 8.14. The lowest BCUT2D eigenvalue weighted by atomic mass is 10.1. The molecule has 66 valence electrons. The Bertz CT molecular complexity index is 407. The van der Waals surface area contributed by atoms with Gasteiger partial charge in [0, 0.05) is 11.8 Å². The van der Waals surface area contributed by atoms with Gasteiger partial charge in [-0.3, -0.25) is 0 Å². The van der Waals surface area contributed by atoms with Crippen LogP contribution in [0.4, 0.5) is 5.82 Å². The largest absolute Gasteiger partial charge is 0.383 e. The summed E-state index contributed by atoms with van der Waals surface area (Å²) in [7, 11) is 0. The van der Waals surface area contributed by atoms with E-state index in [-0.39, 0.29) is 0 Å². The molecule has 0 aromatic carbocycles. The lowest BCUT2D eigenvalue weighted by molar-refractivity contribution is 1.28. The molecule has 13 heavy (non-hydrogen) atoms. The van der Waals surface area contributed by atoms with Gasteiger partial charge in [0.2, 0.25) is 0 Å². The van der Waals surface area contributed by atoms with Crippen molar-refractivity contribution in [1.82, 2.24) is 4.98 Å². The molecule has 0 fully saturated rings. The third kappa shape index (κ3) is 1.55. The fourth-order valence-corrected chi connectivity index (χ4v) is 1.84. The summed E-state index contributed by atoms with van der Waals surface area (Å²) >= 11 is 1.69. The van der Waals surface area contributed by atoms with Crippen molar-refractivity contribution < 1.29 is 0 Å². The van der Waals surface area contributed by atoms with Crippen molar-refractivity contribution in [3.8, 4) is 11.1 Å². The summed E-state index contributed by atoms with van der Waals surface area (Å²) < 4.78 is 0. The summed E-state index contributed by atoms with van der Waals surface area (Å²) in [6.07, 6.45) is 1.81. The van der Waals surface area contributed by atoms with Crippen molar-refractivity contribution in [3.05, 3.63) is 34.7 Å². The summed E-state index contributed by atoms with van der Waals surface area (Å²) in [6.45, 7) is 1.97. The minimum Gasteiger partial charge on any atom is -0.383 e. The second-order valence-corrected chi connectivity index (χ2v) is 3.72. The zero-order chi connectivity index (χ0) is 9.26. The number of thiophene rings is 1. The summed E-state index contributed by atoms with van der Waals surface area (Å²) in [6, 6.07) is 4.14. The highest BCUT2D eigenvalue weighted by molar-refractivity contribution is 7.08. The number of rotatable bonds is 1. The second kappa shape index (κ2) is 3.18. The van der Waals surface area contributed by atoms with Crippen LogP contribution in [-0.4, -0.2) is 4.98 Å². The van der Waals surface area contributed by atoms with E-state index < -0.39 is 0 Å². The number of hydrogen-bond donors (Lipinski definition) is 1. The third-order valence-electron chi connectivity index (χ3n) is 1.97. The van der Waals surface area contributed by atoms with Crippen LogP contribution in [0.5, 0.6) is 0 Å². The number of hydrogen-bond acceptors (Lipinski definition) is 3. The van der Waals surface area contributed by atoms with E-state index in [9.17, 15) is 0 Å². The molecule has 2 aromatic heterocycles. The Morgan fingerprint density at radius 3 is 2.85 bits per heavy atom. The van der Waals surface area contributed by atoms with Crippen LogP contribution in [-0.2, 0) is 0 Å². The molecule has 0 radical (unpaired) electrons. The third-order valence-corrected chi connectivity index (χ3v) is 2.66. The Labute approximate surface area is 81.1 Å². The van der Waals surface area contributed by atoms with E-state index >= 15 is 0 Å². The van der Waals surface area contributed by atoms with Crippen LogP contribution in [0.15, 0.2) is 29.1 Å². The topological polar surface area (TPSA) is 38.9 Å². The maximum atomic E-state index is 5.63. The summed E-state index contributed by atoms with van der Waals surface area (Å²) in [5, 5.41) is 4.16. The maximum Gasteiger partial charge on any atom is 0.126 e. The molecule has 0 saturated heterocycles. The van der Waals surface area contributed by atoms with E-state index in [1.165, 1.54) is 5.56 Å². The molecular weight excluding hydrogens is 180 g/mol. The van der Waals surface area contributed by atoms with Crippen molar-refractivity contribution in [2.24, 2.45) is 0 Å². The Hall–Kier alpha value is -1.35. The normalized spacial score (nSPS) is 10.2. The van der Waals surface area contributed by atoms with Gasteiger partial charge < -0.3 is 5.73 Å². The maximum absolute atomic E-state index is 5.63. The van der Waals surface area contributed by atoms with Crippen LogP contribution in [0.1, 0.15) is 5.56 Å².